The lowest BCUT2D eigenvalue weighted by molar-refractivity contribution is 0.00461. The van der Waals surface area contributed by atoms with E-state index in [1.807, 2.05) is 25.7 Å². The van der Waals surface area contributed by atoms with Gasteiger partial charge in [-0.2, -0.15) is 0 Å². The summed E-state index contributed by atoms with van der Waals surface area (Å²) in [7, 11) is 0. The second-order valence-corrected chi connectivity index (χ2v) is 8.58. The number of ether oxygens (including phenoxy) is 1. The van der Waals surface area contributed by atoms with Gasteiger partial charge in [0.15, 0.2) is 0 Å². The highest BCUT2D eigenvalue weighted by molar-refractivity contribution is 9.10. The number of aryl methyl sites for hydroxylation is 2. The van der Waals surface area contributed by atoms with E-state index >= 15 is 0 Å². The van der Waals surface area contributed by atoms with Gasteiger partial charge in [-0.05, 0) is 58.2 Å². The van der Waals surface area contributed by atoms with Crippen LogP contribution in [-0.2, 0) is 11.3 Å². The molecule has 0 bridgehead atoms. The average Bonchev–Trinajstić information content (AvgIpc) is 2.45. The molecule has 1 aromatic rings. The van der Waals surface area contributed by atoms with Crippen LogP contribution >= 0.6 is 15.9 Å². The predicted molar refractivity (Wildman–Crippen MR) is 101 cm³/mol. The number of benzene rings is 1. The van der Waals surface area contributed by atoms with Crippen molar-refractivity contribution >= 4 is 22.0 Å². The number of hydrogen-bond donors (Lipinski definition) is 0. The second kappa shape index (κ2) is 7.44. The Morgan fingerprint density at radius 1 is 1.25 bits per heavy atom. The number of nitrogens with zero attached hydrogens (tertiary/aromatic N) is 2. The maximum absolute atomic E-state index is 12.2. The van der Waals surface area contributed by atoms with Crippen molar-refractivity contribution in [3.8, 4) is 0 Å². The molecule has 24 heavy (non-hydrogen) atoms. The van der Waals surface area contributed by atoms with Gasteiger partial charge in [0.2, 0.25) is 0 Å². The van der Waals surface area contributed by atoms with Crippen LogP contribution in [0.5, 0.6) is 0 Å². The third kappa shape index (κ3) is 4.96. The van der Waals surface area contributed by atoms with Gasteiger partial charge in [-0.1, -0.05) is 28.1 Å². The van der Waals surface area contributed by atoms with E-state index in [1.54, 1.807) is 0 Å². The maximum atomic E-state index is 12.2. The van der Waals surface area contributed by atoms with Crippen molar-refractivity contribution < 1.29 is 9.53 Å². The van der Waals surface area contributed by atoms with Crippen LogP contribution in [0.15, 0.2) is 16.6 Å². The Labute approximate surface area is 154 Å². The third-order valence-corrected chi connectivity index (χ3v) is 5.55. The molecule has 0 saturated carbocycles. The molecular formula is C19H29BrN2O2. The molecule has 0 spiro atoms. The van der Waals surface area contributed by atoms with Gasteiger partial charge in [-0.3, -0.25) is 4.90 Å². The Morgan fingerprint density at radius 2 is 1.83 bits per heavy atom. The number of hydrogen-bond acceptors (Lipinski definition) is 3. The van der Waals surface area contributed by atoms with E-state index in [2.05, 4.69) is 53.7 Å². The monoisotopic (exact) mass is 396 g/mol. The summed E-state index contributed by atoms with van der Waals surface area (Å²) in [4.78, 5) is 16.5. The van der Waals surface area contributed by atoms with Crippen LogP contribution in [-0.4, -0.2) is 47.2 Å². The van der Waals surface area contributed by atoms with E-state index < -0.39 is 5.60 Å². The molecule has 1 saturated heterocycles. The Balaban J connectivity index is 1.98. The van der Waals surface area contributed by atoms with E-state index in [1.165, 1.54) is 21.2 Å². The summed E-state index contributed by atoms with van der Waals surface area (Å²) in [5.41, 5.74) is 3.42. The molecule has 4 nitrogen and oxygen atoms in total. The minimum absolute atomic E-state index is 0.204. The number of amides is 1. The lowest BCUT2D eigenvalue weighted by Crippen LogP contribution is -2.54. The van der Waals surface area contributed by atoms with Crippen molar-refractivity contribution in [1.82, 2.24) is 9.80 Å². The lowest BCUT2D eigenvalue weighted by Gasteiger charge is -2.40. The zero-order valence-corrected chi connectivity index (χ0v) is 17.2. The molecule has 0 aliphatic carbocycles. The molecule has 1 aliphatic rings. The molecule has 1 fully saturated rings. The van der Waals surface area contributed by atoms with Crippen LogP contribution in [0.3, 0.4) is 0 Å². The fourth-order valence-corrected chi connectivity index (χ4v) is 3.31. The van der Waals surface area contributed by atoms with Crippen molar-refractivity contribution in [2.45, 2.75) is 59.7 Å². The molecule has 1 atom stereocenters. The quantitative estimate of drug-likeness (QED) is 0.736. The van der Waals surface area contributed by atoms with Crippen molar-refractivity contribution in [2.75, 3.05) is 19.6 Å². The molecule has 1 amide bonds. The molecule has 0 N–H and O–H groups in total. The first-order valence-corrected chi connectivity index (χ1v) is 9.33. The maximum Gasteiger partial charge on any atom is 0.410 e. The van der Waals surface area contributed by atoms with Gasteiger partial charge in [0, 0.05) is 36.7 Å². The molecule has 0 aromatic heterocycles. The van der Waals surface area contributed by atoms with E-state index in [0.717, 1.165) is 13.1 Å². The zero-order valence-electron chi connectivity index (χ0n) is 15.6. The summed E-state index contributed by atoms with van der Waals surface area (Å²) in [6, 6.07) is 4.80. The summed E-state index contributed by atoms with van der Waals surface area (Å²) in [6.07, 6.45) is -0.204. The van der Waals surface area contributed by atoms with Gasteiger partial charge in [0.05, 0.1) is 0 Å². The van der Waals surface area contributed by atoms with Gasteiger partial charge < -0.3 is 9.64 Å². The Morgan fingerprint density at radius 3 is 2.33 bits per heavy atom. The summed E-state index contributed by atoms with van der Waals surface area (Å²) in [5, 5.41) is 0. The molecule has 1 heterocycles. The van der Waals surface area contributed by atoms with Gasteiger partial charge >= 0.3 is 6.09 Å². The highest BCUT2D eigenvalue weighted by Crippen LogP contribution is 2.24. The van der Waals surface area contributed by atoms with Gasteiger partial charge in [-0.15, -0.1) is 0 Å². The van der Waals surface area contributed by atoms with Gasteiger partial charge in [0.1, 0.15) is 5.60 Å². The molecule has 2 rings (SSSR count). The van der Waals surface area contributed by atoms with Crippen LogP contribution in [0.2, 0.25) is 0 Å². The third-order valence-electron chi connectivity index (χ3n) is 4.30. The minimum atomic E-state index is -0.441. The first kappa shape index (κ1) is 19.3. The number of carbonyl (C=O) groups excluding carboxylic acids is 1. The van der Waals surface area contributed by atoms with Gasteiger partial charge in [-0.25, -0.2) is 4.79 Å². The van der Waals surface area contributed by atoms with Crippen molar-refractivity contribution in [3.05, 3.63) is 33.3 Å². The fraction of sp³-hybridized carbons (Fsp3) is 0.632. The number of halogens is 1. The fourth-order valence-electron chi connectivity index (χ4n) is 3.08. The highest BCUT2D eigenvalue weighted by atomic mass is 79.9. The zero-order chi connectivity index (χ0) is 18.1. The van der Waals surface area contributed by atoms with E-state index in [4.69, 9.17) is 4.74 Å². The van der Waals surface area contributed by atoms with Crippen molar-refractivity contribution in [3.63, 3.8) is 0 Å². The topological polar surface area (TPSA) is 32.8 Å². The molecule has 5 heteroatoms. The van der Waals surface area contributed by atoms with Crippen LogP contribution in [0.25, 0.3) is 0 Å². The van der Waals surface area contributed by atoms with Crippen LogP contribution in [0, 0.1) is 13.8 Å². The number of carbonyl (C=O) groups is 1. The standard InChI is InChI=1S/C19H29BrN2O2/c1-13-9-16(10-14(2)17(13)20)12-21-7-8-22(11-15(21)3)18(23)24-19(4,5)6/h9-10,15H,7-8,11-12H2,1-6H3/t15-/m1/s1. The lowest BCUT2D eigenvalue weighted by atomic mass is 10.1. The predicted octanol–water partition coefficient (Wildman–Crippen LogP) is 4.51. The summed E-state index contributed by atoms with van der Waals surface area (Å²) >= 11 is 3.63. The average molecular weight is 397 g/mol. The van der Waals surface area contributed by atoms with E-state index in [-0.39, 0.29) is 6.09 Å². The normalized spacial score (nSPS) is 19.5. The Bertz CT molecular complexity index is 587. The molecule has 1 aromatic carbocycles. The Hall–Kier alpha value is -1.07. The Kier molecular flexibility index (Phi) is 5.97. The van der Waals surface area contributed by atoms with Crippen molar-refractivity contribution in [1.29, 1.82) is 0 Å². The first-order valence-electron chi connectivity index (χ1n) is 8.54. The van der Waals surface area contributed by atoms with Crippen molar-refractivity contribution in [2.24, 2.45) is 0 Å². The van der Waals surface area contributed by atoms with E-state index in [0.29, 0.717) is 19.1 Å². The number of rotatable bonds is 2. The molecular weight excluding hydrogens is 368 g/mol. The van der Waals surface area contributed by atoms with Gasteiger partial charge in [0.25, 0.3) is 0 Å². The van der Waals surface area contributed by atoms with E-state index in [9.17, 15) is 4.79 Å². The molecule has 134 valence electrons. The molecule has 0 radical (unpaired) electrons. The van der Waals surface area contributed by atoms with Crippen LogP contribution in [0.4, 0.5) is 4.79 Å². The first-order chi connectivity index (χ1) is 11.1. The molecule has 1 aliphatic heterocycles. The van der Waals surface area contributed by atoms with Crippen LogP contribution < -0.4 is 0 Å². The molecule has 0 unspecified atom stereocenters. The van der Waals surface area contributed by atoms with Crippen LogP contribution in [0.1, 0.15) is 44.4 Å². The number of piperazine rings is 1. The largest absolute Gasteiger partial charge is 0.444 e. The minimum Gasteiger partial charge on any atom is -0.444 e. The summed E-state index contributed by atoms with van der Waals surface area (Å²) in [5.74, 6) is 0. The summed E-state index contributed by atoms with van der Waals surface area (Å²) in [6.45, 7) is 15.4. The highest BCUT2D eigenvalue weighted by Gasteiger charge is 2.29. The smallest absolute Gasteiger partial charge is 0.410 e. The second-order valence-electron chi connectivity index (χ2n) is 7.79. The SMILES string of the molecule is Cc1cc(CN2CCN(C(=O)OC(C)(C)C)C[C@H]2C)cc(C)c1Br. The summed E-state index contributed by atoms with van der Waals surface area (Å²) < 4.78 is 6.68.